The molecule has 1 rings (SSSR count). The van der Waals surface area contributed by atoms with E-state index in [0.717, 1.165) is 13.1 Å². The highest BCUT2D eigenvalue weighted by Crippen LogP contribution is 2.01. The highest BCUT2D eigenvalue weighted by Gasteiger charge is 2.18. The largest absolute Gasteiger partial charge is 0.481 e. The quantitative estimate of drug-likeness (QED) is 0.653. The van der Waals surface area contributed by atoms with Gasteiger partial charge >= 0.3 is 5.97 Å². The van der Waals surface area contributed by atoms with E-state index in [0.29, 0.717) is 13.2 Å². The predicted octanol–water partition coefficient (Wildman–Crippen LogP) is -0.702. The molecule has 92 valence electrons. The minimum absolute atomic E-state index is 0.00697. The standard InChI is InChI=1S/C10H18N2O4/c1-12-4-5-16-8(7-12)6-11-9(13)2-3-10(14)15/h8H,2-7H2,1H3,(H,11,13)(H,14,15). The van der Waals surface area contributed by atoms with E-state index in [1.165, 1.54) is 0 Å². The molecule has 0 spiro atoms. The number of ether oxygens (including phenoxy) is 1. The lowest BCUT2D eigenvalue weighted by atomic mass is 10.2. The van der Waals surface area contributed by atoms with Crippen molar-refractivity contribution in [1.82, 2.24) is 10.2 Å². The second kappa shape index (κ2) is 6.44. The van der Waals surface area contributed by atoms with Crippen molar-refractivity contribution in [1.29, 1.82) is 0 Å². The van der Waals surface area contributed by atoms with Gasteiger partial charge in [-0.2, -0.15) is 0 Å². The number of likely N-dealkylation sites (N-methyl/N-ethyl adjacent to an activating group) is 1. The molecule has 1 fully saturated rings. The summed E-state index contributed by atoms with van der Waals surface area (Å²) in [5, 5.41) is 11.1. The number of rotatable bonds is 5. The summed E-state index contributed by atoms with van der Waals surface area (Å²) in [6.07, 6.45) is -0.0951. The lowest BCUT2D eigenvalue weighted by Gasteiger charge is -2.30. The number of nitrogens with one attached hydrogen (secondary N) is 1. The molecule has 0 bridgehead atoms. The molecule has 0 aromatic heterocycles. The van der Waals surface area contributed by atoms with Crippen LogP contribution in [0, 0.1) is 0 Å². The first-order chi connectivity index (χ1) is 7.58. The van der Waals surface area contributed by atoms with Gasteiger partial charge in [0, 0.05) is 26.1 Å². The van der Waals surface area contributed by atoms with E-state index < -0.39 is 5.97 Å². The minimum Gasteiger partial charge on any atom is -0.481 e. The number of morpholine rings is 1. The van der Waals surface area contributed by atoms with Gasteiger partial charge < -0.3 is 20.1 Å². The maximum atomic E-state index is 11.2. The molecule has 1 unspecified atom stereocenters. The molecule has 0 radical (unpaired) electrons. The lowest BCUT2D eigenvalue weighted by Crippen LogP contribution is -2.45. The Morgan fingerprint density at radius 1 is 1.50 bits per heavy atom. The SMILES string of the molecule is CN1CCOC(CNC(=O)CCC(=O)O)C1. The fourth-order valence-corrected chi connectivity index (χ4v) is 1.53. The normalized spacial score (nSPS) is 21.7. The molecule has 1 heterocycles. The lowest BCUT2D eigenvalue weighted by molar-refractivity contribution is -0.138. The van der Waals surface area contributed by atoms with E-state index in [-0.39, 0.29) is 24.9 Å². The van der Waals surface area contributed by atoms with Crippen LogP contribution < -0.4 is 5.32 Å². The van der Waals surface area contributed by atoms with Crippen LogP contribution in [0.1, 0.15) is 12.8 Å². The van der Waals surface area contributed by atoms with Crippen molar-refractivity contribution >= 4 is 11.9 Å². The molecule has 0 saturated carbocycles. The summed E-state index contributed by atoms with van der Waals surface area (Å²) in [5.74, 6) is -1.19. The van der Waals surface area contributed by atoms with E-state index in [9.17, 15) is 9.59 Å². The van der Waals surface area contributed by atoms with E-state index in [1.807, 2.05) is 7.05 Å². The van der Waals surface area contributed by atoms with Crippen molar-refractivity contribution in [2.75, 3.05) is 33.3 Å². The molecule has 2 N–H and O–H groups in total. The second-order valence-corrected chi connectivity index (χ2v) is 3.95. The fraction of sp³-hybridized carbons (Fsp3) is 0.800. The Bertz CT molecular complexity index is 257. The van der Waals surface area contributed by atoms with Crippen LogP contribution in [0.5, 0.6) is 0 Å². The first-order valence-corrected chi connectivity index (χ1v) is 5.36. The summed E-state index contributed by atoms with van der Waals surface area (Å²) in [6, 6.07) is 0. The van der Waals surface area contributed by atoms with Crippen molar-refractivity contribution in [3.63, 3.8) is 0 Å². The molecule has 0 aromatic rings. The monoisotopic (exact) mass is 230 g/mol. The van der Waals surface area contributed by atoms with Crippen LogP contribution >= 0.6 is 0 Å². The summed E-state index contributed by atoms with van der Waals surface area (Å²) < 4.78 is 5.45. The average molecular weight is 230 g/mol. The molecule has 1 aliphatic rings. The van der Waals surface area contributed by atoms with Gasteiger partial charge in [-0.3, -0.25) is 9.59 Å². The highest BCUT2D eigenvalue weighted by molar-refractivity contribution is 5.80. The Morgan fingerprint density at radius 3 is 2.88 bits per heavy atom. The first-order valence-electron chi connectivity index (χ1n) is 5.36. The molecule has 1 aliphatic heterocycles. The Balaban J connectivity index is 2.13. The van der Waals surface area contributed by atoms with Gasteiger partial charge in [0.1, 0.15) is 0 Å². The van der Waals surface area contributed by atoms with Crippen molar-refractivity contribution in [3.8, 4) is 0 Å². The van der Waals surface area contributed by atoms with Crippen LogP contribution in [-0.4, -0.2) is 61.3 Å². The van der Waals surface area contributed by atoms with E-state index in [4.69, 9.17) is 9.84 Å². The van der Waals surface area contributed by atoms with Crippen LogP contribution in [0.15, 0.2) is 0 Å². The minimum atomic E-state index is -0.955. The van der Waals surface area contributed by atoms with Crippen molar-refractivity contribution in [2.24, 2.45) is 0 Å². The van der Waals surface area contributed by atoms with E-state index in [2.05, 4.69) is 10.2 Å². The van der Waals surface area contributed by atoms with Crippen LogP contribution in [0.25, 0.3) is 0 Å². The van der Waals surface area contributed by atoms with Gasteiger partial charge in [-0.1, -0.05) is 0 Å². The van der Waals surface area contributed by atoms with Crippen LogP contribution in [0.4, 0.5) is 0 Å². The number of hydrogen-bond donors (Lipinski definition) is 2. The van der Waals surface area contributed by atoms with Gasteiger partial charge in [0.05, 0.1) is 19.1 Å². The second-order valence-electron chi connectivity index (χ2n) is 3.95. The molecule has 1 atom stereocenters. The van der Waals surface area contributed by atoms with E-state index >= 15 is 0 Å². The molecule has 1 saturated heterocycles. The molecule has 0 aliphatic carbocycles. The molecular weight excluding hydrogens is 212 g/mol. The Labute approximate surface area is 94.6 Å². The Kier molecular flexibility index (Phi) is 5.21. The number of carboxylic acids is 1. The number of nitrogens with zero attached hydrogens (tertiary/aromatic N) is 1. The highest BCUT2D eigenvalue weighted by atomic mass is 16.5. The van der Waals surface area contributed by atoms with Gasteiger partial charge in [0.15, 0.2) is 0 Å². The van der Waals surface area contributed by atoms with Crippen molar-refractivity contribution < 1.29 is 19.4 Å². The molecule has 0 aromatic carbocycles. The maximum absolute atomic E-state index is 11.2. The van der Waals surface area contributed by atoms with Crippen molar-refractivity contribution in [3.05, 3.63) is 0 Å². The third kappa shape index (κ3) is 5.09. The smallest absolute Gasteiger partial charge is 0.303 e. The molecule has 1 amide bonds. The van der Waals surface area contributed by atoms with Crippen LogP contribution in [-0.2, 0) is 14.3 Å². The van der Waals surface area contributed by atoms with Crippen molar-refractivity contribution in [2.45, 2.75) is 18.9 Å². The van der Waals surface area contributed by atoms with Gasteiger partial charge in [0.25, 0.3) is 0 Å². The maximum Gasteiger partial charge on any atom is 0.303 e. The first kappa shape index (κ1) is 12.9. The fourth-order valence-electron chi connectivity index (χ4n) is 1.53. The van der Waals surface area contributed by atoms with Crippen LogP contribution in [0.3, 0.4) is 0 Å². The third-order valence-electron chi connectivity index (χ3n) is 2.43. The Hall–Kier alpha value is -1.14. The Morgan fingerprint density at radius 2 is 2.25 bits per heavy atom. The zero-order valence-corrected chi connectivity index (χ0v) is 9.44. The number of carboxylic acid groups (broad SMARTS) is 1. The number of amides is 1. The molecular formula is C10H18N2O4. The summed E-state index contributed by atoms with van der Waals surface area (Å²) in [4.78, 5) is 23.6. The van der Waals surface area contributed by atoms with Crippen LogP contribution in [0.2, 0.25) is 0 Å². The summed E-state index contributed by atoms with van der Waals surface area (Å²) >= 11 is 0. The predicted molar refractivity (Wildman–Crippen MR) is 57.1 cm³/mol. The van der Waals surface area contributed by atoms with Gasteiger partial charge in [0.2, 0.25) is 5.91 Å². The zero-order chi connectivity index (χ0) is 12.0. The summed E-state index contributed by atoms with van der Waals surface area (Å²) in [5.41, 5.74) is 0. The van der Waals surface area contributed by atoms with Gasteiger partial charge in [-0.25, -0.2) is 0 Å². The van der Waals surface area contributed by atoms with E-state index in [1.54, 1.807) is 0 Å². The molecule has 16 heavy (non-hydrogen) atoms. The summed E-state index contributed by atoms with van der Waals surface area (Å²) in [6.45, 7) is 2.82. The van der Waals surface area contributed by atoms with Gasteiger partial charge in [-0.15, -0.1) is 0 Å². The number of hydrogen-bond acceptors (Lipinski definition) is 4. The topological polar surface area (TPSA) is 78.9 Å². The third-order valence-corrected chi connectivity index (χ3v) is 2.43. The average Bonchev–Trinajstić information content (AvgIpc) is 2.23. The zero-order valence-electron chi connectivity index (χ0n) is 9.44. The molecule has 6 nitrogen and oxygen atoms in total. The van der Waals surface area contributed by atoms with Gasteiger partial charge in [-0.05, 0) is 7.05 Å². The molecule has 6 heteroatoms. The number of aliphatic carboxylic acids is 1. The number of carbonyl (C=O) groups is 2. The summed E-state index contributed by atoms with van der Waals surface area (Å²) in [7, 11) is 2.00. The number of carbonyl (C=O) groups excluding carboxylic acids is 1.